The molecule has 1 aromatic carbocycles. The molecule has 116 valence electrons. The number of hydrogen-bond acceptors (Lipinski definition) is 3. The highest BCUT2D eigenvalue weighted by atomic mass is 35.5. The van der Waals surface area contributed by atoms with Crippen LogP contribution in [0.2, 0.25) is 0 Å². The van der Waals surface area contributed by atoms with Gasteiger partial charge in [-0.2, -0.15) is 0 Å². The number of hydrogen-bond donors (Lipinski definition) is 1. The van der Waals surface area contributed by atoms with E-state index in [2.05, 4.69) is 10.2 Å². The standard InChI is InChI=1S/C16H22N2O2.ClH/c1-12(19)17-14-3-5-15(6-4-14)20-10-2-8-18-9-7-13-11-16(13)18;/h3-6,13,16H,2,7-11H2,1H3,(H,17,19);1H. The molecule has 1 saturated heterocycles. The van der Waals surface area contributed by atoms with Crippen molar-refractivity contribution < 1.29 is 9.53 Å². The number of benzene rings is 1. The van der Waals surface area contributed by atoms with E-state index in [1.807, 2.05) is 24.3 Å². The topological polar surface area (TPSA) is 41.6 Å². The minimum Gasteiger partial charge on any atom is -0.494 e. The zero-order valence-electron chi connectivity index (χ0n) is 12.4. The van der Waals surface area contributed by atoms with E-state index in [0.29, 0.717) is 0 Å². The Bertz CT molecular complexity index is 478. The fraction of sp³-hybridized carbons (Fsp3) is 0.562. The van der Waals surface area contributed by atoms with E-state index in [1.165, 1.54) is 26.3 Å². The fourth-order valence-corrected chi connectivity index (χ4v) is 3.06. The Labute approximate surface area is 132 Å². The predicted octanol–water partition coefficient (Wildman–Crippen LogP) is 2.93. The van der Waals surface area contributed by atoms with Crippen molar-refractivity contribution in [2.24, 2.45) is 5.92 Å². The molecule has 1 aromatic rings. The molecule has 2 unspecified atom stereocenters. The SMILES string of the molecule is CC(=O)Nc1ccc(OCCCN2CCC3CC32)cc1.Cl. The first-order chi connectivity index (χ1) is 9.72. The molecule has 1 amide bonds. The maximum atomic E-state index is 10.9. The lowest BCUT2D eigenvalue weighted by Crippen LogP contribution is -2.25. The lowest BCUT2D eigenvalue weighted by atomic mass is 10.3. The van der Waals surface area contributed by atoms with Crippen molar-refractivity contribution in [3.8, 4) is 5.75 Å². The highest BCUT2D eigenvalue weighted by Crippen LogP contribution is 2.44. The Morgan fingerprint density at radius 3 is 2.71 bits per heavy atom. The van der Waals surface area contributed by atoms with Crippen LogP contribution in [0.4, 0.5) is 5.69 Å². The Morgan fingerprint density at radius 1 is 1.38 bits per heavy atom. The summed E-state index contributed by atoms with van der Waals surface area (Å²) in [6.45, 7) is 4.70. The number of amides is 1. The molecule has 3 rings (SSSR count). The van der Waals surface area contributed by atoms with Crippen LogP contribution in [0.5, 0.6) is 5.75 Å². The second-order valence-corrected chi connectivity index (χ2v) is 5.80. The Balaban J connectivity index is 0.00000161. The van der Waals surface area contributed by atoms with Crippen molar-refractivity contribution in [2.75, 3.05) is 25.0 Å². The lowest BCUT2D eigenvalue weighted by Gasteiger charge is -2.17. The van der Waals surface area contributed by atoms with E-state index < -0.39 is 0 Å². The van der Waals surface area contributed by atoms with Gasteiger partial charge in [-0.05, 0) is 56.0 Å². The van der Waals surface area contributed by atoms with Crippen LogP contribution >= 0.6 is 12.4 Å². The summed E-state index contributed by atoms with van der Waals surface area (Å²) in [5.41, 5.74) is 0.807. The van der Waals surface area contributed by atoms with Crippen LogP contribution in [0, 0.1) is 5.92 Å². The number of ether oxygens (including phenoxy) is 1. The van der Waals surface area contributed by atoms with Gasteiger partial charge in [0.15, 0.2) is 0 Å². The van der Waals surface area contributed by atoms with Crippen molar-refractivity contribution in [2.45, 2.75) is 32.2 Å². The van der Waals surface area contributed by atoms with E-state index in [-0.39, 0.29) is 18.3 Å². The number of nitrogens with one attached hydrogen (secondary N) is 1. The number of halogens is 1. The van der Waals surface area contributed by atoms with E-state index in [0.717, 1.165) is 43.0 Å². The van der Waals surface area contributed by atoms with Gasteiger partial charge >= 0.3 is 0 Å². The number of carbonyl (C=O) groups is 1. The third-order valence-electron chi connectivity index (χ3n) is 4.17. The zero-order valence-corrected chi connectivity index (χ0v) is 13.2. The summed E-state index contributed by atoms with van der Waals surface area (Å²) in [7, 11) is 0. The van der Waals surface area contributed by atoms with Crippen molar-refractivity contribution in [1.29, 1.82) is 0 Å². The molecule has 0 radical (unpaired) electrons. The second kappa shape index (κ2) is 7.14. The number of rotatable bonds is 6. The van der Waals surface area contributed by atoms with Crippen LogP contribution in [-0.2, 0) is 4.79 Å². The molecule has 1 aliphatic heterocycles. The van der Waals surface area contributed by atoms with Gasteiger partial charge in [0.05, 0.1) is 6.61 Å². The molecule has 1 N–H and O–H groups in total. The highest BCUT2D eigenvalue weighted by Gasteiger charge is 2.46. The molecule has 1 saturated carbocycles. The third kappa shape index (κ3) is 4.35. The van der Waals surface area contributed by atoms with Gasteiger partial charge in [-0.25, -0.2) is 0 Å². The smallest absolute Gasteiger partial charge is 0.221 e. The van der Waals surface area contributed by atoms with Gasteiger partial charge in [0.25, 0.3) is 0 Å². The minimum atomic E-state index is -0.0531. The van der Waals surface area contributed by atoms with Crippen LogP contribution < -0.4 is 10.1 Å². The summed E-state index contributed by atoms with van der Waals surface area (Å²) in [5.74, 6) is 1.82. The van der Waals surface area contributed by atoms with Crippen molar-refractivity contribution in [3.63, 3.8) is 0 Å². The van der Waals surface area contributed by atoms with Gasteiger partial charge < -0.3 is 10.1 Å². The molecule has 1 heterocycles. The van der Waals surface area contributed by atoms with Gasteiger partial charge in [-0.1, -0.05) is 0 Å². The largest absolute Gasteiger partial charge is 0.494 e. The average molecular weight is 311 g/mol. The maximum Gasteiger partial charge on any atom is 0.221 e. The monoisotopic (exact) mass is 310 g/mol. The van der Waals surface area contributed by atoms with E-state index >= 15 is 0 Å². The molecular formula is C16H23ClN2O2. The number of piperidine rings is 1. The van der Waals surface area contributed by atoms with Crippen LogP contribution in [-0.4, -0.2) is 36.5 Å². The first-order valence-corrected chi connectivity index (χ1v) is 7.47. The Hall–Kier alpha value is -1.26. The number of carbonyl (C=O) groups excluding carboxylic acids is 1. The van der Waals surface area contributed by atoms with Crippen LogP contribution in [0.25, 0.3) is 0 Å². The van der Waals surface area contributed by atoms with Crippen molar-refractivity contribution >= 4 is 24.0 Å². The van der Waals surface area contributed by atoms with Gasteiger partial charge in [-0.15, -0.1) is 12.4 Å². The number of likely N-dealkylation sites (tertiary alicyclic amines) is 1. The molecule has 21 heavy (non-hydrogen) atoms. The zero-order chi connectivity index (χ0) is 13.9. The van der Waals surface area contributed by atoms with Crippen LogP contribution in [0.3, 0.4) is 0 Å². The van der Waals surface area contributed by atoms with Gasteiger partial charge in [0, 0.05) is 25.2 Å². The first kappa shape index (κ1) is 16.1. The minimum absolute atomic E-state index is 0. The quantitative estimate of drug-likeness (QED) is 0.821. The van der Waals surface area contributed by atoms with Crippen LogP contribution in [0.1, 0.15) is 26.2 Å². The van der Waals surface area contributed by atoms with Gasteiger partial charge in [0.1, 0.15) is 5.75 Å². The summed E-state index contributed by atoms with van der Waals surface area (Å²) < 4.78 is 5.74. The number of anilines is 1. The maximum absolute atomic E-state index is 10.9. The summed E-state index contributed by atoms with van der Waals surface area (Å²) in [5, 5.41) is 2.74. The first-order valence-electron chi connectivity index (χ1n) is 7.47. The molecule has 0 spiro atoms. The number of nitrogens with zero attached hydrogens (tertiary/aromatic N) is 1. The third-order valence-corrected chi connectivity index (χ3v) is 4.17. The van der Waals surface area contributed by atoms with E-state index in [1.54, 1.807) is 0 Å². The fourth-order valence-electron chi connectivity index (χ4n) is 3.06. The summed E-state index contributed by atoms with van der Waals surface area (Å²) in [6.07, 6.45) is 3.90. The molecule has 0 aromatic heterocycles. The predicted molar refractivity (Wildman–Crippen MR) is 86.2 cm³/mol. The van der Waals surface area contributed by atoms with Crippen molar-refractivity contribution in [3.05, 3.63) is 24.3 Å². The van der Waals surface area contributed by atoms with E-state index in [9.17, 15) is 4.79 Å². The van der Waals surface area contributed by atoms with Gasteiger partial charge in [-0.3, -0.25) is 9.69 Å². The summed E-state index contributed by atoms with van der Waals surface area (Å²) in [4.78, 5) is 13.5. The molecule has 2 atom stereocenters. The van der Waals surface area contributed by atoms with Crippen LogP contribution in [0.15, 0.2) is 24.3 Å². The molecule has 1 aliphatic carbocycles. The number of fused-ring (bicyclic) bond motifs is 1. The Morgan fingerprint density at radius 2 is 2.14 bits per heavy atom. The molecule has 0 bridgehead atoms. The summed E-state index contributed by atoms with van der Waals surface area (Å²) >= 11 is 0. The average Bonchev–Trinajstić information content (AvgIpc) is 3.10. The normalized spacial score (nSPS) is 23.1. The summed E-state index contributed by atoms with van der Waals surface area (Å²) in [6, 6.07) is 8.43. The lowest BCUT2D eigenvalue weighted by molar-refractivity contribution is -0.114. The highest BCUT2D eigenvalue weighted by molar-refractivity contribution is 5.88. The molecule has 2 aliphatic rings. The second-order valence-electron chi connectivity index (χ2n) is 5.80. The van der Waals surface area contributed by atoms with E-state index in [4.69, 9.17) is 4.74 Å². The van der Waals surface area contributed by atoms with Gasteiger partial charge in [0.2, 0.25) is 5.91 Å². The molecule has 5 heteroatoms. The molecular weight excluding hydrogens is 288 g/mol. The molecule has 2 fully saturated rings. The molecule has 4 nitrogen and oxygen atoms in total. The van der Waals surface area contributed by atoms with Crippen molar-refractivity contribution in [1.82, 2.24) is 4.90 Å². The Kier molecular flexibility index (Phi) is 5.48.